The van der Waals surface area contributed by atoms with Crippen molar-refractivity contribution in [1.29, 1.82) is 0 Å². The number of aromatic nitrogens is 3. The third kappa shape index (κ3) is 3.63. The van der Waals surface area contributed by atoms with Gasteiger partial charge in [0.15, 0.2) is 0 Å². The predicted octanol–water partition coefficient (Wildman–Crippen LogP) is 2.53. The number of hydrogen-bond acceptors (Lipinski definition) is 3. The first-order valence-corrected chi connectivity index (χ1v) is 7.66. The maximum absolute atomic E-state index is 12.4. The quantitative estimate of drug-likeness (QED) is 0.947. The van der Waals surface area contributed by atoms with Crippen LogP contribution in [0.25, 0.3) is 0 Å². The molecule has 0 radical (unpaired) electrons. The molecule has 2 aromatic rings. The molecule has 2 amide bonds. The zero-order chi connectivity index (χ0) is 15.4. The minimum Gasteiger partial charge on any atom is -0.324 e. The maximum Gasteiger partial charge on any atom is 0.321 e. The van der Waals surface area contributed by atoms with Gasteiger partial charge in [0.2, 0.25) is 0 Å². The average Bonchev–Trinajstić information content (AvgIpc) is 3.03. The molecule has 0 spiro atoms. The molecule has 1 fully saturated rings. The van der Waals surface area contributed by atoms with Crippen LogP contribution < -0.4 is 5.32 Å². The second-order valence-electron chi connectivity index (χ2n) is 5.87. The molecule has 1 aromatic heterocycles. The van der Waals surface area contributed by atoms with Gasteiger partial charge in [0.1, 0.15) is 12.7 Å². The number of carbonyl (C=O) groups excluding carboxylic acids is 1. The first kappa shape index (κ1) is 14.6. The molecule has 1 aliphatic heterocycles. The number of benzene rings is 1. The number of urea groups is 1. The number of rotatable bonds is 3. The van der Waals surface area contributed by atoms with Gasteiger partial charge in [-0.2, -0.15) is 5.10 Å². The molecular formula is C16H21N5O. The smallest absolute Gasteiger partial charge is 0.321 e. The fraction of sp³-hybridized carbons (Fsp3) is 0.438. The second kappa shape index (κ2) is 6.60. The molecule has 0 saturated carbocycles. The summed E-state index contributed by atoms with van der Waals surface area (Å²) < 4.78 is 1.84. The maximum atomic E-state index is 12.4. The lowest BCUT2D eigenvalue weighted by Crippen LogP contribution is -2.43. The van der Waals surface area contributed by atoms with Crippen molar-refractivity contribution in [2.45, 2.75) is 26.3 Å². The van der Waals surface area contributed by atoms with Gasteiger partial charge in [-0.3, -0.25) is 4.68 Å². The summed E-state index contributed by atoms with van der Waals surface area (Å²) in [5, 5.41) is 7.11. The van der Waals surface area contributed by atoms with Gasteiger partial charge in [0.05, 0.1) is 0 Å². The molecule has 2 heterocycles. The SMILES string of the molecule is Cc1ccc(NC(=O)N2CCC[C@H](Cn3cncn3)C2)cc1. The van der Waals surface area contributed by atoms with E-state index in [1.165, 1.54) is 5.56 Å². The molecule has 1 saturated heterocycles. The Morgan fingerprint density at radius 2 is 2.18 bits per heavy atom. The number of anilines is 1. The van der Waals surface area contributed by atoms with Crippen molar-refractivity contribution in [3.63, 3.8) is 0 Å². The minimum atomic E-state index is -0.0212. The van der Waals surface area contributed by atoms with Gasteiger partial charge in [0.25, 0.3) is 0 Å². The highest BCUT2D eigenvalue weighted by molar-refractivity contribution is 5.89. The van der Waals surface area contributed by atoms with Gasteiger partial charge >= 0.3 is 6.03 Å². The minimum absolute atomic E-state index is 0.0212. The van der Waals surface area contributed by atoms with E-state index in [-0.39, 0.29) is 6.03 Å². The summed E-state index contributed by atoms with van der Waals surface area (Å²) in [4.78, 5) is 18.2. The molecule has 1 atom stereocenters. The van der Waals surface area contributed by atoms with E-state index >= 15 is 0 Å². The number of aryl methyl sites for hydroxylation is 1. The Kier molecular flexibility index (Phi) is 4.37. The van der Waals surface area contributed by atoms with E-state index in [1.807, 2.05) is 40.8 Å². The van der Waals surface area contributed by atoms with Gasteiger partial charge in [-0.05, 0) is 37.8 Å². The number of carbonyl (C=O) groups is 1. The molecule has 1 aliphatic rings. The van der Waals surface area contributed by atoms with Crippen LogP contribution in [0.2, 0.25) is 0 Å². The van der Waals surface area contributed by atoms with Crippen LogP contribution in [0, 0.1) is 12.8 Å². The van der Waals surface area contributed by atoms with Crippen LogP contribution in [0.4, 0.5) is 10.5 Å². The van der Waals surface area contributed by atoms with Crippen molar-refractivity contribution in [3.8, 4) is 0 Å². The first-order chi connectivity index (χ1) is 10.7. The van der Waals surface area contributed by atoms with Crippen LogP contribution in [0.5, 0.6) is 0 Å². The Balaban J connectivity index is 1.56. The van der Waals surface area contributed by atoms with E-state index in [9.17, 15) is 4.79 Å². The van der Waals surface area contributed by atoms with Crippen molar-refractivity contribution < 1.29 is 4.79 Å². The van der Waals surface area contributed by atoms with Crippen molar-refractivity contribution >= 4 is 11.7 Å². The summed E-state index contributed by atoms with van der Waals surface area (Å²) in [6, 6.07) is 7.85. The number of hydrogen-bond donors (Lipinski definition) is 1. The third-order valence-corrected chi connectivity index (χ3v) is 4.02. The molecule has 22 heavy (non-hydrogen) atoms. The van der Waals surface area contributed by atoms with E-state index < -0.39 is 0 Å². The van der Waals surface area contributed by atoms with Crippen molar-refractivity contribution in [2.75, 3.05) is 18.4 Å². The lowest BCUT2D eigenvalue weighted by molar-refractivity contribution is 0.168. The zero-order valence-corrected chi connectivity index (χ0v) is 12.8. The molecule has 1 N–H and O–H groups in total. The van der Waals surface area contributed by atoms with E-state index in [0.717, 1.165) is 38.2 Å². The van der Waals surface area contributed by atoms with Gasteiger partial charge in [0, 0.05) is 25.3 Å². The number of nitrogens with zero attached hydrogens (tertiary/aromatic N) is 4. The summed E-state index contributed by atoms with van der Waals surface area (Å²) in [5.41, 5.74) is 2.03. The van der Waals surface area contributed by atoms with Crippen molar-refractivity contribution in [2.24, 2.45) is 5.92 Å². The fourth-order valence-corrected chi connectivity index (χ4v) is 2.83. The van der Waals surface area contributed by atoms with E-state index in [4.69, 9.17) is 0 Å². The van der Waals surface area contributed by atoms with Crippen molar-refractivity contribution in [3.05, 3.63) is 42.5 Å². The Labute approximate surface area is 130 Å². The topological polar surface area (TPSA) is 63.1 Å². The predicted molar refractivity (Wildman–Crippen MR) is 84.5 cm³/mol. The number of piperidine rings is 1. The summed E-state index contributed by atoms with van der Waals surface area (Å²) in [7, 11) is 0. The Bertz CT molecular complexity index is 608. The Hall–Kier alpha value is -2.37. The molecule has 3 rings (SSSR count). The van der Waals surface area contributed by atoms with Crippen LogP contribution in [0.3, 0.4) is 0 Å². The standard InChI is InChI=1S/C16H21N5O/c1-13-4-6-15(7-5-13)19-16(22)20-8-2-3-14(9-20)10-21-12-17-11-18-21/h4-7,11-12,14H,2-3,8-10H2,1H3,(H,19,22)/t14-/m0/s1. The van der Waals surface area contributed by atoms with Crippen LogP contribution in [-0.2, 0) is 6.54 Å². The second-order valence-corrected chi connectivity index (χ2v) is 5.87. The molecule has 116 valence electrons. The highest BCUT2D eigenvalue weighted by Crippen LogP contribution is 2.19. The summed E-state index contributed by atoms with van der Waals surface area (Å²) in [5.74, 6) is 0.430. The Morgan fingerprint density at radius 3 is 2.91 bits per heavy atom. The molecule has 6 nitrogen and oxygen atoms in total. The molecule has 0 aliphatic carbocycles. The Morgan fingerprint density at radius 1 is 1.36 bits per heavy atom. The largest absolute Gasteiger partial charge is 0.324 e. The van der Waals surface area contributed by atoms with Gasteiger partial charge in [-0.15, -0.1) is 0 Å². The monoisotopic (exact) mass is 299 g/mol. The lowest BCUT2D eigenvalue weighted by atomic mass is 9.98. The van der Waals surface area contributed by atoms with Gasteiger partial charge in [-0.1, -0.05) is 17.7 Å². The normalized spacial score (nSPS) is 18.2. The summed E-state index contributed by atoms with van der Waals surface area (Å²) in [6.45, 7) is 4.42. The van der Waals surface area contributed by atoms with Crippen LogP contribution >= 0.6 is 0 Å². The molecule has 0 unspecified atom stereocenters. The third-order valence-electron chi connectivity index (χ3n) is 4.02. The van der Waals surface area contributed by atoms with Crippen LogP contribution in [0.15, 0.2) is 36.9 Å². The van der Waals surface area contributed by atoms with E-state index in [2.05, 4.69) is 15.4 Å². The number of nitrogens with one attached hydrogen (secondary N) is 1. The average molecular weight is 299 g/mol. The molecule has 0 bridgehead atoms. The zero-order valence-electron chi connectivity index (χ0n) is 12.8. The van der Waals surface area contributed by atoms with E-state index in [0.29, 0.717) is 5.92 Å². The number of amides is 2. The lowest BCUT2D eigenvalue weighted by Gasteiger charge is -2.32. The fourth-order valence-electron chi connectivity index (χ4n) is 2.83. The van der Waals surface area contributed by atoms with E-state index in [1.54, 1.807) is 12.7 Å². The first-order valence-electron chi connectivity index (χ1n) is 7.66. The molecule has 6 heteroatoms. The summed E-state index contributed by atoms with van der Waals surface area (Å²) in [6.07, 6.45) is 5.42. The van der Waals surface area contributed by atoms with Crippen molar-refractivity contribution in [1.82, 2.24) is 19.7 Å². The molecular weight excluding hydrogens is 278 g/mol. The van der Waals surface area contributed by atoms with Crippen LogP contribution in [-0.4, -0.2) is 38.8 Å². The highest BCUT2D eigenvalue weighted by Gasteiger charge is 2.24. The summed E-state index contributed by atoms with van der Waals surface area (Å²) >= 11 is 0. The number of likely N-dealkylation sites (tertiary alicyclic amines) is 1. The van der Waals surface area contributed by atoms with Gasteiger partial charge in [-0.25, -0.2) is 9.78 Å². The highest BCUT2D eigenvalue weighted by atomic mass is 16.2. The van der Waals surface area contributed by atoms with Gasteiger partial charge < -0.3 is 10.2 Å². The van der Waals surface area contributed by atoms with Crippen LogP contribution in [0.1, 0.15) is 18.4 Å². The molecule has 1 aromatic carbocycles.